The van der Waals surface area contributed by atoms with E-state index in [0.29, 0.717) is 17.8 Å². The van der Waals surface area contributed by atoms with Gasteiger partial charge in [0.2, 0.25) is 0 Å². The monoisotopic (exact) mass is 388 g/mol. The lowest BCUT2D eigenvalue weighted by atomic mass is 9.99. The van der Waals surface area contributed by atoms with E-state index in [0.717, 1.165) is 23.1 Å². The normalized spacial score (nSPS) is 11.5. The predicted molar refractivity (Wildman–Crippen MR) is 110 cm³/mol. The molecule has 0 heterocycles. The van der Waals surface area contributed by atoms with Gasteiger partial charge < -0.3 is 5.32 Å². The van der Waals surface area contributed by atoms with Crippen LogP contribution in [0.1, 0.15) is 60.2 Å². The average molecular weight is 389 g/mol. The van der Waals surface area contributed by atoms with Crippen LogP contribution in [0.2, 0.25) is 0 Å². The summed E-state index contributed by atoms with van der Waals surface area (Å²) in [6.07, 6.45) is 0.815. The quantitative estimate of drug-likeness (QED) is 0.740. The Hall–Kier alpha value is -2.34. The zero-order valence-corrected chi connectivity index (χ0v) is 17.4. The van der Waals surface area contributed by atoms with Crippen LogP contribution in [0, 0.1) is 13.8 Å². The van der Waals surface area contributed by atoms with Crippen LogP contribution in [0.5, 0.6) is 0 Å². The SMILES string of the molecule is CCCNC(=O)c1cc(S(=O)(=O)Nc2c(C)cccc2C(C)C)ccc1C. The number of hydrogen-bond acceptors (Lipinski definition) is 3. The summed E-state index contributed by atoms with van der Waals surface area (Å²) in [4.78, 5) is 12.4. The van der Waals surface area contributed by atoms with E-state index in [9.17, 15) is 13.2 Å². The summed E-state index contributed by atoms with van der Waals surface area (Å²) in [5, 5.41) is 2.80. The van der Waals surface area contributed by atoms with Gasteiger partial charge >= 0.3 is 0 Å². The Morgan fingerprint density at radius 2 is 1.78 bits per heavy atom. The highest BCUT2D eigenvalue weighted by molar-refractivity contribution is 7.92. The number of benzene rings is 2. The van der Waals surface area contributed by atoms with E-state index in [-0.39, 0.29) is 16.7 Å². The minimum absolute atomic E-state index is 0.0766. The molecular formula is C21H28N2O3S. The van der Waals surface area contributed by atoms with Crippen molar-refractivity contribution in [1.82, 2.24) is 5.32 Å². The molecule has 0 aromatic heterocycles. The van der Waals surface area contributed by atoms with Gasteiger partial charge in [-0.25, -0.2) is 8.42 Å². The van der Waals surface area contributed by atoms with Crippen molar-refractivity contribution in [3.05, 3.63) is 58.7 Å². The highest BCUT2D eigenvalue weighted by Crippen LogP contribution is 2.30. The Morgan fingerprint density at radius 3 is 2.41 bits per heavy atom. The molecular weight excluding hydrogens is 360 g/mol. The lowest BCUT2D eigenvalue weighted by Crippen LogP contribution is -2.25. The van der Waals surface area contributed by atoms with Crippen molar-refractivity contribution in [2.24, 2.45) is 0 Å². The summed E-state index contributed by atoms with van der Waals surface area (Å²) >= 11 is 0. The van der Waals surface area contributed by atoms with Gasteiger partial charge in [-0.05, 0) is 55.0 Å². The van der Waals surface area contributed by atoms with E-state index in [4.69, 9.17) is 0 Å². The zero-order chi connectivity index (χ0) is 20.2. The van der Waals surface area contributed by atoms with Crippen LogP contribution < -0.4 is 10.0 Å². The standard InChI is InChI=1S/C21H28N2O3S/c1-6-12-22-21(24)19-13-17(11-10-15(19)4)27(25,26)23-20-16(5)8-7-9-18(20)14(2)3/h7-11,13-14,23H,6,12H2,1-5H3,(H,22,24). The summed E-state index contributed by atoms with van der Waals surface area (Å²) in [5.74, 6) is -0.0823. The fraction of sp³-hybridized carbons (Fsp3) is 0.381. The predicted octanol–water partition coefficient (Wildman–Crippen LogP) is 4.37. The summed E-state index contributed by atoms with van der Waals surface area (Å²) in [5.41, 5.74) is 3.51. The molecule has 0 saturated carbocycles. The van der Waals surface area contributed by atoms with Crippen LogP contribution in [-0.2, 0) is 10.0 Å². The number of carbonyl (C=O) groups is 1. The smallest absolute Gasteiger partial charge is 0.261 e. The van der Waals surface area contributed by atoms with Gasteiger partial charge in [-0.2, -0.15) is 0 Å². The number of aryl methyl sites for hydroxylation is 2. The highest BCUT2D eigenvalue weighted by atomic mass is 32.2. The molecule has 1 amide bonds. The Bertz CT molecular complexity index is 934. The number of sulfonamides is 1. The molecule has 27 heavy (non-hydrogen) atoms. The van der Waals surface area contributed by atoms with E-state index in [2.05, 4.69) is 10.0 Å². The highest BCUT2D eigenvalue weighted by Gasteiger charge is 2.21. The minimum atomic E-state index is -3.82. The summed E-state index contributed by atoms with van der Waals surface area (Å²) in [6, 6.07) is 10.4. The van der Waals surface area contributed by atoms with Gasteiger partial charge in [0.05, 0.1) is 10.6 Å². The molecule has 146 valence electrons. The first kappa shape index (κ1) is 21.0. The Balaban J connectivity index is 2.43. The van der Waals surface area contributed by atoms with Crippen LogP contribution in [0.15, 0.2) is 41.3 Å². The summed E-state index contributed by atoms with van der Waals surface area (Å²) < 4.78 is 28.7. The molecule has 0 fully saturated rings. The number of para-hydroxylation sites is 1. The van der Waals surface area contributed by atoms with Crippen LogP contribution in [0.4, 0.5) is 5.69 Å². The molecule has 6 heteroatoms. The first-order valence-corrected chi connectivity index (χ1v) is 10.7. The number of nitrogens with one attached hydrogen (secondary N) is 2. The third-order valence-electron chi connectivity index (χ3n) is 4.46. The fourth-order valence-corrected chi connectivity index (χ4v) is 4.04. The van der Waals surface area contributed by atoms with Gasteiger partial charge in [0.25, 0.3) is 15.9 Å². The lowest BCUT2D eigenvalue weighted by Gasteiger charge is -2.18. The molecule has 0 saturated heterocycles. The van der Waals surface area contributed by atoms with Crippen molar-refractivity contribution in [1.29, 1.82) is 0 Å². The van der Waals surface area contributed by atoms with Crippen molar-refractivity contribution in [2.45, 2.75) is 51.9 Å². The maximum absolute atomic E-state index is 13.0. The van der Waals surface area contributed by atoms with Crippen LogP contribution in [0.3, 0.4) is 0 Å². The second-order valence-corrected chi connectivity index (χ2v) is 8.71. The Labute approximate surface area is 162 Å². The van der Waals surface area contributed by atoms with Crippen molar-refractivity contribution in [3.8, 4) is 0 Å². The molecule has 0 radical (unpaired) electrons. The lowest BCUT2D eigenvalue weighted by molar-refractivity contribution is 0.0953. The van der Waals surface area contributed by atoms with Gasteiger partial charge in [-0.15, -0.1) is 0 Å². The molecule has 0 spiro atoms. The molecule has 0 unspecified atom stereocenters. The first-order valence-electron chi connectivity index (χ1n) is 9.18. The van der Waals surface area contributed by atoms with E-state index in [1.54, 1.807) is 13.0 Å². The summed E-state index contributed by atoms with van der Waals surface area (Å²) in [7, 11) is -3.82. The average Bonchev–Trinajstić information content (AvgIpc) is 2.61. The van der Waals surface area contributed by atoms with Gasteiger partial charge in [0.15, 0.2) is 0 Å². The molecule has 5 nitrogen and oxygen atoms in total. The molecule has 0 aliphatic carbocycles. The molecule has 0 aliphatic heterocycles. The molecule has 2 aromatic carbocycles. The third-order valence-corrected chi connectivity index (χ3v) is 5.81. The van der Waals surface area contributed by atoms with Crippen molar-refractivity contribution in [3.63, 3.8) is 0 Å². The minimum Gasteiger partial charge on any atom is -0.352 e. The first-order chi connectivity index (χ1) is 12.7. The van der Waals surface area contributed by atoms with Crippen molar-refractivity contribution in [2.75, 3.05) is 11.3 Å². The van der Waals surface area contributed by atoms with E-state index in [1.165, 1.54) is 12.1 Å². The Morgan fingerprint density at radius 1 is 1.07 bits per heavy atom. The zero-order valence-electron chi connectivity index (χ0n) is 16.6. The number of hydrogen-bond donors (Lipinski definition) is 2. The number of carbonyl (C=O) groups excluding carboxylic acids is 1. The van der Waals surface area contributed by atoms with E-state index >= 15 is 0 Å². The molecule has 0 bridgehead atoms. The Kier molecular flexibility index (Phi) is 6.65. The third kappa shape index (κ3) is 4.89. The van der Waals surface area contributed by atoms with Gasteiger partial charge in [-0.3, -0.25) is 9.52 Å². The van der Waals surface area contributed by atoms with Crippen molar-refractivity contribution >= 4 is 21.6 Å². The molecule has 2 aromatic rings. The summed E-state index contributed by atoms with van der Waals surface area (Å²) in [6.45, 7) is 10.2. The second-order valence-electron chi connectivity index (χ2n) is 7.03. The molecule has 2 N–H and O–H groups in total. The number of anilines is 1. The fourth-order valence-electron chi connectivity index (χ4n) is 2.85. The maximum Gasteiger partial charge on any atom is 0.261 e. The van der Waals surface area contributed by atoms with E-state index < -0.39 is 10.0 Å². The largest absolute Gasteiger partial charge is 0.352 e. The van der Waals surface area contributed by atoms with Crippen LogP contribution in [-0.4, -0.2) is 20.9 Å². The second kappa shape index (κ2) is 8.57. The molecule has 0 atom stereocenters. The molecule has 0 aliphatic rings. The van der Waals surface area contributed by atoms with Gasteiger partial charge in [0.1, 0.15) is 0 Å². The van der Waals surface area contributed by atoms with Crippen LogP contribution in [0.25, 0.3) is 0 Å². The van der Waals surface area contributed by atoms with Crippen LogP contribution >= 0.6 is 0 Å². The number of rotatable bonds is 7. The maximum atomic E-state index is 13.0. The topological polar surface area (TPSA) is 75.3 Å². The van der Waals surface area contributed by atoms with E-state index in [1.807, 2.05) is 45.9 Å². The number of amides is 1. The van der Waals surface area contributed by atoms with Gasteiger partial charge in [-0.1, -0.05) is 45.0 Å². The van der Waals surface area contributed by atoms with Gasteiger partial charge in [0, 0.05) is 12.1 Å². The van der Waals surface area contributed by atoms with Crippen molar-refractivity contribution < 1.29 is 13.2 Å². The molecule has 2 rings (SSSR count).